The number of aliphatic imine (C=N–C) groups is 1. The minimum absolute atomic E-state index is 0.141. The molecule has 2 fully saturated rings. The van der Waals surface area contributed by atoms with Crippen molar-refractivity contribution in [2.75, 3.05) is 20.1 Å². The summed E-state index contributed by atoms with van der Waals surface area (Å²) in [5.41, 5.74) is 0.765. The van der Waals surface area contributed by atoms with E-state index in [4.69, 9.17) is 0 Å². The first-order valence-corrected chi connectivity index (χ1v) is 13.7. The van der Waals surface area contributed by atoms with Gasteiger partial charge in [-0.25, -0.2) is 0 Å². The van der Waals surface area contributed by atoms with Gasteiger partial charge in [-0.1, -0.05) is 27.8 Å². The van der Waals surface area contributed by atoms with Crippen LogP contribution in [0.4, 0.5) is 8.78 Å². The molecule has 5 nitrogen and oxygen atoms in total. The molecule has 1 saturated heterocycles. The molecule has 1 heterocycles. The number of phenols is 1. The summed E-state index contributed by atoms with van der Waals surface area (Å²) in [7, 11) is 3.15. The predicted molar refractivity (Wildman–Crippen MR) is 147 cm³/mol. The molecule has 2 unspecified atom stereocenters. The van der Waals surface area contributed by atoms with Crippen LogP contribution < -0.4 is 5.32 Å². The van der Waals surface area contributed by atoms with Crippen LogP contribution in [0.15, 0.2) is 46.1 Å². The average molecular weight is 522 g/mol. The molecule has 8 heteroatoms. The molecule has 0 amide bonds. The number of halogens is 2. The van der Waals surface area contributed by atoms with E-state index in [-0.39, 0.29) is 17.4 Å². The highest BCUT2D eigenvalue weighted by Crippen LogP contribution is 2.37. The van der Waals surface area contributed by atoms with Gasteiger partial charge < -0.3 is 15.5 Å². The quantitative estimate of drug-likeness (QED) is 0.232. The van der Waals surface area contributed by atoms with E-state index < -0.39 is 5.66 Å². The van der Waals surface area contributed by atoms with E-state index >= 15 is 0 Å². The number of rotatable bonds is 8. The standard InChI is InChI=1S/C28H42F2N3O2P/c1-5-18(2)25(32-21-7-6-14-33(17-21)22-9-11-23(34)12-10-22)15-19(3)27(31-4)24-13-8-20(16-26(24)35)28(29,30)36/h8,13,15-16,21-23,32,34-35H,5-7,9-12,14,17,36H2,1-4H3/b19-15-,25-18-,31-27?. The number of likely N-dealkylation sites (tertiary alicyclic amines) is 1. The molecule has 0 bridgehead atoms. The summed E-state index contributed by atoms with van der Waals surface area (Å²) in [6, 6.07) is 4.81. The number of allylic oxidation sites excluding steroid dienone is 3. The van der Waals surface area contributed by atoms with Crippen molar-refractivity contribution in [3.8, 4) is 5.75 Å². The maximum Gasteiger partial charge on any atom is 0.284 e. The lowest BCUT2D eigenvalue weighted by Crippen LogP contribution is -2.50. The van der Waals surface area contributed by atoms with E-state index in [2.05, 4.69) is 35.1 Å². The molecule has 3 N–H and O–H groups in total. The number of piperidine rings is 1. The third-order valence-corrected chi connectivity index (χ3v) is 7.91. The van der Waals surface area contributed by atoms with E-state index in [1.165, 1.54) is 26.9 Å². The van der Waals surface area contributed by atoms with Crippen LogP contribution in [0, 0.1) is 0 Å². The molecule has 0 radical (unpaired) electrons. The van der Waals surface area contributed by atoms with Crippen LogP contribution in [0.1, 0.15) is 76.8 Å². The van der Waals surface area contributed by atoms with Crippen molar-refractivity contribution in [2.24, 2.45) is 4.99 Å². The van der Waals surface area contributed by atoms with Crippen LogP contribution in [-0.4, -0.2) is 59.1 Å². The number of aliphatic hydroxyl groups excluding tert-OH is 1. The fourth-order valence-corrected chi connectivity index (χ4v) is 5.49. The Morgan fingerprint density at radius 2 is 1.92 bits per heavy atom. The normalized spacial score (nSPS) is 25.5. The lowest BCUT2D eigenvalue weighted by Gasteiger charge is -2.41. The highest BCUT2D eigenvalue weighted by atomic mass is 31.0. The Hall–Kier alpha value is -1.82. The fourth-order valence-electron chi connectivity index (χ4n) is 5.31. The largest absolute Gasteiger partial charge is 0.507 e. The molecule has 0 spiro atoms. The first-order valence-electron chi connectivity index (χ1n) is 13.1. The number of aliphatic hydroxyl groups is 1. The monoisotopic (exact) mass is 521 g/mol. The molecule has 200 valence electrons. The van der Waals surface area contributed by atoms with Gasteiger partial charge in [0.05, 0.1) is 11.8 Å². The Morgan fingerprint density at radius 3 is 2.50 bits per heavy atom. The molecule has 0 aromatic heterocycles. The number of aromatic hydroxyl groups is 1. The molecule has 2 atom stereocenters. The zero-order chi connectivity index (χ0) is 26.5. The van der Waals surface area contributed by atoms with Crippen molar-refractivity contribution >= 4 is 15.0 Å². The van der Waals surface area contributed by atoms with Gasteiger partial charge in [0.15, 0.2) is 0 Å². The number of alkyl halides is 2. The second-order valence-corrected chi connectivity index (χ2v) is 11.0. The van der Waals surface area contributed by atoms with Crippen molar-refractivity contribution in [1.82, 2.24) is 10.2 Å². The zero-order valence-corrected chi connectivity index (χ0v) is 23.2. The van der Waals surface area contributed by atoms with Crippen LogP contribution >= 0.6 is 9.24 Å². The summed E-state index contributed by atoms with van der Waals surface area (Å²) in [6.07, 6.45) is 8.96. The maximum absolute atomic E-state index is 13.7. The summed E-state index contributed by atoms with van der Waals surface area (Å²) in [4.78, 5) is 6.98. The molecule has 1 saturated carbocycles. The molecule has 1 aromatic carbocycles. The van der Waals surface area contributed by atoms with Gasteiger partial charge in [0.2, 0.25) is 0 Å². The number of nitrogens with one attached hydrogen (secondary N) is 1. The summed E-state index contributed by atoms with van der Waals surface area (Å²) >= 11 is 0. The zero-order valence-electron chi connectivity index (χ0n) is 22.0. The molecule has 36 heavy (non-hydrogen) atoms. The summed E-state index contributed by atoms with van der Waals surface area (Å²) in [5, 5.41) is 24.2. The number of phenolic OH excluding ortho intramolecular Hbond substituents is 1. The van der Waals surface area contributed by atoms with Crippen molar-refractivity contribution in [1.29, 1.82) is 0 Å². The van der Waals surface area contributed by atoms with E-state index in [0.29, 0.717) is 23.4 Å². The van der Waals surface area contributed by atoms with Gasteiger partial charge in [-0.2, -0.15) is 8.78 Å². The molecule has 1 aliphatic heterocycles. The van der Waals surface area contributed by atoms with E-state index in [1.807, 2.05) is 6.92 Å². The Labute approximate surface area is 217 Å². The highest BCUT2D eigenvalue weighted by molar-refractivity contribution is 7.17. The maximum atomic E-state index is 13.7. The van der Waals surface area contributed by atoms with Gasteiger partial charge in [-0.05, 0) is 89.1 Å². The third-order valence-electron chi connectivity index (χ3n) is 7.58. The number of hydrogen-bond donors (Lipinski definition) is 3. The summed E-state index contributed by atoms with van der Waals surface area (Å²) in [6.45, 7) is 8.27. The lowest BCUT2D eigenvalue weighted by atomic mass is 9.90. The first kappa shape index (κ1) is 28.7. The van der Waals surface area contributed by atoms with Crippen molar-refractivity contribution in [3.63, 3.8) is 0 Å². The molecule has 3 rings (SSSR count). The molecular formula is C28H42F2N3O2P. The van der Waals surface area contributed by atoms with Gasteiger partial charge in [-0.15, -0.1) is 0 Å². The van der Waals surface area contributed by atoms with Crippen molar-refractivity contribution in [2.45, 2.75) is 89.6 Å². The Kier molecular flexibility index (Phi) is 10.1. The van der Waals surface area contributed by atoms with E-state index in [0.717, 1.165) is 75.4 Å². The van der Waals surface area contributed by atoms with Gasteiger partial charge in [0.1, 0.15) is 5.75 Å². The third kappa shape index (κ3) is 7.36. The number of nitrogens with zero attached hydrogens (tertiary/aromatic N) is 2. The topological polar surface area (TPSA) is 68.1 Å². The molecular weight excluding hydrogens is 479 g/mol. The van der Waals surface area contributed by atoms with Crippen molar-refractivity contribution in [3.05, 3.63) is 52.2 Å². The lowest BCUT2D eigenvalue weighted by molar-refractivity contribution is 0.0584. The van der Waals surface area contributed by atoms with Crippen LogP contribution in [0.5, 0.6) is 5.75 Å². The van der Waals surface area contributed by atoms with Crippen LogP contribution in [0.25, 0.3) is 0 Å². The van der Waals surface area contributed by atoms with Crippen LogP contribution in [-0.2, 0) is 5.66 Å². The Morgan fingerprint density at radius 1 is 1.22 bits per heavy atom. The van der Waals surface area contributed by atoms with Gasteiger partial charge in [0, 0.05) is 42.5 Å². The molecule has 2 aliphatic rings. The highest BCUT2D eigenvalue weighted by Gasteiger charge is 2.29. The molecule has 1 aliphatic carbocycles. The first-order chi connectivity index (χ1) is 17.0. The second kappa shape index (κ2) is 12.6. The Balaban J connectivity index is 1.78. The van der Waals surface area contributed by atoms with Gasteiger partial charge >= 0.3 is 0 Å². The fraction of sp³-hybridized carbons (Fsp3) is 0.607. The number of hydrogen-bond acceptors (Lipinski definition) is 5. The minimum atomic E-state index is -3.10. The second-order valence-electron chi connectivity index (χ2n) is 10.2. The minimum Gasteiger partial charge on any atom is -0.507 e. The molecule has 1 aromatic rings. The van der Waals surface area contributed by atoms with Gasteiger partial charge in [-0.3, -0.25) is 9.89 Å². The van der Waals surface area contributed by atoms with E-state index in [1.54, 1.807) is 7.05 Å². The van der Waals surface area contributed by atoms with Gasteiger partial charge in [0.25, 0.3) is 5.66 Å². The summed E-state index contributed by atoms with van der Waals surface area (Å²) < 4.78 is 27.4. The average Bonchev–Trinajstić information content (AvgIpc) is 2.84. The predicted octanol–water partition coefficient (Wildman–Crippen LogP) is 5.72. The SMILES string of the molecule is CC/C(C)=C(/C=C(/C)C(=NC)c1ccc(C(F)(F)P)cc1O)NC1CCCN(C2CCC(O)CC2)C1. The van der Waals surface area contributed by atoms with Crippen molar-refractivity contribution < 1.29 is 19.0 Å². The number of benzene rings is 1. The van der Waals surface area contributed by atoms with Crippen LogP contribution in [0.3, 0.4) is 0 Å². The van der Waals surface area contributed by atoms with E-state index in [9.17, 15) is 19.0 Å². The van der Waals surface area contributed by atoms with Crippen LogP contribution in [0.2, 0.25) is 0 Å². The summed E-state index contributed by atoms with van der Waals surface area (Å²) in [5.74, 6) is -0.214. The smallest absolute Gasteiger partial charge is 0.284 e. The Bertz CT molecular complexity index is 995.